The molecule has 0 amide bonds. The average molecular weight is 377 g/mol. The monoisotopic (exact) mass is 376 g/mol. The van der Waals surface area contributed by atoms with Crippen molar-refractivity contribution in [1.29, 1.82) is 0 Å². The van der Waals surface area contributed by atoms with Gasteiger partial charge >= 0.3 is 0 Å². The number of hydrogen-bond donors (Lipinski definition) is 0. The highest BCUT2D eigenvalue weighted by molar-refractivity contribution is 5.89. The fourth-order valence-corrected chi connectivity index (χ4v) is 4.75. The molecule has 3 aromatic carbocycles. The van der Waals surface area contributed by atoms with E-state index >= 15 is 4.39 Å². The van der Waals surface area contributed by atoms with E-state index in [9.17, 15) is 0 Å². The molecule has 4 rings (SSSR count). The summed E-state index contributed by atoms with van der Waals surface area (Å²) in [7, 11) is 1.64. The number of ether oxygens (including phenoxy) is 1. The van der Waals surface area contributed by atoms with E-state index in [1.54, 1.807) is 7.11 Å². The Morgan fingerprint density at radius 3 is 2.36 bits per heavy atom. The van der Waals surface area contributed by atoms with Gasteiger partial charge in [-0.2, -0.15) is 0 Å². The first-order chi connectivity index (χ1) is 13.7. The summed E-state index contributed by atoms with van der Waals surface area (Å²) in [5, 5.41) is 1.71. The molecular formula is C26H29FO. The Bertz CT molecular complexity index is 937. The highest BCUT2D eigenvalue weighted by Gasteiger charge is 2.22. The van der Waals surface area contributed by atoms with Gasteiger partial charge in [-0.1, -0.05) is 62.2 Å². The number of fused-ring (bicyclic) bond motifs is 1. The minimum absolute atomic E-state index is 0.138. The molecule has 0 unspecified atom stereocenters. The first-order valence-corrected chi connectivity index (χ1v) is 10.6. The molecule has 0 aliphatic heterocycles. The maximum atomic E-state index is 15.2. The van der Waals surface area contributed by atoms with Crippen LogP contribution in [0.3, 0.4) is 0 Å². The zero-order valence-corrected chi connectivity index (χ0v) is 16.9. The van der Waals surface area contributed by atoms with Gasteiger partial charge in [-0.3, -0.25) is 0 Å². The van der Waals surface area contributed by atoms with Gasteiger partial charge in [0.15, 0.2) is 0 Å². The van der Waals surface area contributed by atoms with Crippen molar-refractivity contribution in [3.63, 3.8) is 0 Å². The molecule has 0 saturated heterocycles. The van der Waals surface area contributed by atoms with Crippen LogP contribution in [0.2, 0.25) is 0 Å². The molecule has 0 aromatic heterocycles. The van der Waals surface area contributed by atoms with Gasteiger partial charge in [0.1, 0.15) is 11.6 Å². The molecule has 2 heteroatoms. The van der Waals surface area contributed by atoms with Crippen LogP contribution in [0.15, 0.2) is 54.6 Å². The van der Waals surface area contributed by atoms with Crippen molar-refractivity contribution in [2.75, 3.05) is 7.11 Å². The van der Waals surface area contributed by atoms with E-state index < -0.39 is 0 Å². The molecule has 3 aromatic rings. The zero-order valence-electron chi connectivity index (χ0n) is 16.9. The normalized spacial score (nSPS) is 19.7. The Hall–Kier alpha value is -2.35. The fraction of sp³-hybridized carbons (Fsp3) is 0.385. The lowest BCUT2D eigenvalue weighted by Gasteiger charge is -2.28. The minimum atomic E-state index is -0.138. The van der Waals surface area contributed by atoms with E-state index in [-0.39, 0.29) is 5.82 Å². The summed E-state index contributed by atoms with van der Waals surface area (Å²) >= 11 is 0. The van der Waals surface area contributed by atoms with E-state index in [0.29, 0.717) is 16.9 Å². The van der Waals surface area contributed by atoms with Gasteiger partial charge in [0.25, 0.3) is 0 Å². The van der Waals surface area contributed by atoms with Gasteiger partial charge in [-0.25, -0.2) is 4.39 Å². The summed E-state index contributed by atoms with van der Waals surface area (Å²) < 4.78 is 20.4. The fourth-order valence-electron chi connectivity index (χ4n) is 4.75. The van der Waals surface area contributed by atoms with Crippen molar-refractivity contribution in [3.8, 4) is 16.9 Å². The van der Waals surface area contributed by atoms with Crippen LogP contribution in [0, 0.1) is 11.7 Å². The lowest BCUT2D eigenvalue weighted by atomic mass is 9.77. The standard InChI is InChI=1S/C26H29FO/c1-3-4-18-5-7-19(8-6-18)21-11-15-25-22(17-21)12-16-24(26(25)27)20-9-13-23(28-2)14-10-20/h9-19H,3-8H2,1-2H3/t18-,19-. The molecule has 146 valence electrons. The number of halogens is 1. The Morgan fingerprint density at radius 2 is 1.68 bits per heavy atom. The van der Waals surface area contributed by atoms with Crippen LogP contribution in [0.4, 0.5) is 4.39 Å². The topological polar surface area (TPSA) is 9.23 Å². The largest absolute Gasteiger partial charge is 0.497 e. The van der Waals surface area contributed by atoms with Crippen molar-refractivity contribution in [3.05, 3.63) is 66.0 Å². The summed E-state index contributed by atoms with van der Waals surface area (Å²) in [5.74, 6) is 2.18. The number of rotatable bonds is 5. The summed E-state index contributed by atoms with van der Waals surface area (Å²) in [6.45, 7) is 2.28. The van der Waals surface area contributed by atoms with Crippen LogP contribution >= 0.6 is 0 Å². The summed E-state index contributed by atoms with van der Waals surface area (Å²) in [6.07, 6.45) is 7.86. The van der Waals surface area contributed by atoms with Crippen LogP contribution in [-0.4, -0.2) is 7.11 Å². The van der Waals surface area contributed by atoms with Crippen molar-refractivity contribution >= 4 is 10.8 Å². The SMILES string of the molecule is CCC[C@H]1CC[C@H](c2ccc3c(F)c(-c4ccc(OC)cc4)ccc3c2)CC1. The molecule has 0 N–H and O–H groups in total. The Morgan fingerprint density at radius 1 is 0.929 bits per heavy atom. The van der Waals surface area contributed by atoms with Crippen LogP contribution in [0.1, 0.15) is 56.9 Å². The van der Waals surface area contributed by atoms with E-state index in [2.05, 4.69) is 25.1 Å². The second-order valence-corrected chi connectivity index (χ2v) is 8.14. The van der Waals surface area contributed by atoms with Crippen LogP contribution in [0.5, 0.6) is 5.75 Å². The second kappa shape index (κ2) is 8.34. The Labute approximate surface area is 167 Å². The zero-order chi connectivity index (χ0) is 19.5. The molecule has 28 heavy (non-hydrogen) atoms. The van der Waals surface area contributed by atoms with Gasteiger partial charge in [-0.15, -0.1) is 0 Å². The van der Waals surface area contributed by atoms with Crippen LogP contribution in [-0.2, 0) is 0 Å². The summed E-state index contributed by atoms with van der Waals surface area (Å²) in [6, 6.07) is 17.9. The van der Waals surface area contributed by atoms with Crippen LogP contribution < -0.4 is 4.74 Å². The van der Waals surface area contributed by atoms with Crippen molar-refractivity contribution in [2.45, 2.75) is 51.4 Å². The molecule has 0 atom stereocenters. The predicted molar refractivity (Wildman–Crippen MR) is 116 cm³/mol. The molecule has 0 spiro atoms. The Balaban J connectivity index is 1.59. The number of benzene rings is 3. The van der Waals surface area contributed by atoms with Gasteiger partial charge in [-0.05, 0) is 66.2 Å². The van der Waals surface area contributed by atoms with Gasteiger partial charge < -0.3 is 4.74 Å². The molecule has 1 nitrogen and oxygen atoms in total. The molecular weight excluding hydrogens is 347 g/mol. The van der Waals surface area contributed by atoms with Gasteiger partial charge in [0.05, 0.1) is 7.11 Å². The van der Waals surface area contributed by atoms with Gasteiger partial charge in [0, 0.05) is 10.9 Å². The second-order valence-electron chi connectivity index (χ2n) is 8.14. The third kappa shape index (κ3) is 3.78. The smallest absolute Gasteiger partial charge is 0.138 e. The third-order valence-corrected chi connectivity index (χ3v) is 6.39. The molecule has 0 bridgehead atoms. The van der Waals surface area contributed by atoms with E-state index in [0.717, 1.165) is 22.6 Å². The maximum absolute atomic E-state index is 15.2. The first-order valence-electron chi connectivity index (χ1n) is 10.6. The quantitative estimate of drug-likeness (QED) is 0.443. The highest BCUT2D eigenvalue weighted by atomic mass is 19.1. The van der Waals surface area contributed by atoms with Crippen LogP contribution in [0.25, 0.3) is 21.9 Å². The van der Waals surface area contributed by atoms with Gasteiger partial charge in [0.2, 0.25) is 0 Å². The lowest BCUT2D eigenvalue weighted by molar-refractivity contribution is 0.308. The van der Waals surface area contributed by atoms with E-state index in [4.69, 9.17) is 4.74 Å². The maximum Gasteiger partial charge on any atom is 0.138 e. The average Bonchev–Trinajstić information content (AvgIpc) is 2.75. The minimum Gasteiger partial charge on any atom is -0.497 e. The molecule has 1 saturated carbocycles. The number of hydrogen-bond acceptors (Lipinski definition) is 1. The molecule has 1 fully saturated rings. The lowest BCUT2D eigenvalue weighted by Crippen LogP contribution is -2.13. The predicted octanol–water partition coefficient (Wildman–Crippen LogP) is 7.73. The molecule has 1 aliphatic carbocycles. The Kier molecular flexibility index (Phi) is 5.66. The van der Waals surface area contributed by atoms with E-state index in [1.807, 2.05) is 36.4 Å². The molecule has 0 radical (unpaired) electrons. The highest BCUT2D eigenvalue weighted by Crippen LogP contribution is 2.39. The summed E-state index contributed by atoms with van der Waals surface area (Å²) in [5.41, 5.74) is 2.89. The van der Waals surface area contributed by atoms with Crippen molar-refractivity contribution < 1.29 is 9.13 Å². The third-order valence-electron chi connectivity index (χ3n) is 6.39. The molecule has 0 heterocycles. The summed E-state index contributed by atoms with van der Waals surface area (Å²) in [4.78, 5) is 0. The van der Waals surface area contributed by atoms with Crippen molar-refractivity contribution in [2.24, 2.45) is 5.92 Å². The van der Waals surface area contributed by atoms with E-state index in [1.165, 1.54) is 44.1 Å². The number of methoxy groups -OCH3 is 1. The molecule has 1 aliphatic rings. The first kappa shape index (κ1) is 19.0. The van der Waals surface area contributed by atoms with Crippen molar-refractivity contribution in [1.82, 2.24) is 0 Å².